The first-order chi connectivity index (χ1) is 10.7. The van der Waals surface area contributed by atoms with Crippen LogP contribution in [0.1, 0.15) is 40.5 Å². The van der Waals surface area contributed by atoms with Crippen LogP contribution in [0.2, 0.25) is 0 Å². The lowest BCUT2D eigenvalue weighted by Gasteiger charge is -2.34. The highest BCUT2D eigenvalue weighted by Gasteiger charge is 2.49. The first-order valence-corrected chi connectivity index (χ1v) is 10.5. The summed E-state index contributed by atoms with van der Waals surface area (Å²) in [7, 11) is -4.04. The summed E-state index contributed by atoms with van der Waals surface area (Å²) in [4.78, 5) is 11.9. The van der Waals surface area contributed by atoms with Crippen molar-refractivity contribution in [3.63, 3.8) is 0 Å². The zero-order valence-electron chi connectivity index (χ0n) is 14.2. The van der Waals surface area contributed by atoms with Crippen LogP contribution in [0.15, 0.2) is 0 Å². The SMILES string of the molecule is CC1CC(C(C(C)(C)C)S(=O)(=O)CCC(F)(F)F)OC1C(=O)CBr. The molecule has 0 aromatic carbocycles. The molecule has 0 aromatic heterocycles. The largest absolute Gasteiger partial charge is 0.390 e. The molecule has 4 unspecified atom stereocenters. The monoisotopic (exact) mass is 436 g/mol. The number of carbonyl (C=O) groups excluding carboxylic acids is 1. The van der Waals surface area contributed by atoms with Crippen molar-refractivity contribution in [2.45, 2.75) is 64.2 Å². The molecule has 0 N–H and O–H groups in total. The van der Waals surface area contributed by atoms with Gasteiger partial charge in [0, 0.05) is 0 Å². The Morgan fingerprint density at radius 2 is 1.83 bits per heavy atom. The molecule has 1 aliphatic heterocycles. The van der Waals surface area contributed by atoms with Gasteiger partial charge >= 0.3 is 6.18 Å². The summed E-state index contributed by atoms with van der Waals surface area (Å²) < 4.78 is 68.2. The number of halogens is 4. The van der Waals surface area contributed by atoms with Crippen molar-refractivity contribution in [1.82, 2.24) is 0 Å². The van der Waals surface area contributed by atoms with Crippen LogP contribution < -0.4 is 0 Å². The van der Waals surface area contributed by atoms with Crippen LogP contribution in [-0.4, -0.2) is 48.9 Å². The molecule has 0 amide bonds. The van der Waals surface area contributed by atoms with E-state index in [4.69, 9.17) is 4.74 Å². The van der Waals surface area contributed by atoms with E-state index in [0.717, 1.165) is 0 Å². The molecule has 1 fully saturated rings. The van der Waals surface area contributed by atoms with Gasteiger partial charge in [-0.1, -0.05) is 43.6 Å². The number of rotatable bonds is 6. The Morgan fingerprint density at radius 3 is 2.25 bits per heavy atom. The van der Waals surface area contributed by atoms with Crippen molar-refractivity contribution in [2.75, 3.05) is 11.1 Å². The van der Waals surface area contributed by atoms with E-state index in [2.05, 4.69) is 15.9 Å². The third-order valence-corrected chi connectivity index (χ3v) is 7.25. The van der Waals surface area contributed by atoms with Crippen LogP contribution >= 0.6 is 15.9 Å². The number of carbonyl (C=O) groups is 1. The van der Waals surface area contributed by atoms with Crippen molar-refractivity contribution in [3.05, 3.63) is 0 Å². The third-order valence-electron chi connectivity index (χ3n) is 4.14. The highest BCUT2D eigenvalue weighted by Crippen LogP contribution is 2.39. The van der Waals surface area contributed by atoms with E-state index in [0.29, 0.717) is 6.42 Å². The van der Waals surface area contributed by atoms with E-state index in [-0.39, 0.29) is 17.0 Å². The van der Waals surface area contributed by atoms with E-state index in [1.807, 2.05) is 0 Å². The smallest absolute Gasteiger partial charge is 0.366 e. The Kier molecular flexibility index (Phi) is 6.95. The molecule has 1 aliphatic rings. The molecule has 1 saturated heterocycles. The third kappa shape index (κ3) is 5.69. The zero-order chi connectivity index (χ0) is 18.9. The highest BCUT2D eigenvalue weighted by molar-refractivity contribution is 9.09. The lowest BCUT2D eigenvalue weighted by atomic mass is 9.86. The fourth-order valence-corrected chi connectivity index (χ4v) is 6.05. The maximum atomic E-state index is 12.6. The summed E-state index contributed by atoms with van der Waals surface area (Å²) in [6.45, 7) is 6.77. The topological polar surface area (TPSA) is 60.4 Å². The van der Waals surface area contributed by atoms with Crippen LogP contribution in [0.3, 0.4) is 0 Å². The summed E-state index contributed by atoms with van der Waals surface area (Å²) in [6, 6.07) is 0. The fraction of sp³-hybridized carbons (Fsp3) is 0.933. The van der Waals surface area contributed by atoms with Crippen LogP contribution in [-0.2, 0) is 19.4 Å². The maximum absolute atomic E-state index is 12.6. The predicted molar refractivity (Wildman–Crippen MR) is 88.9 cm³/mol. The molecule has 0 bridgehead atoms. The molecule has 0 aromatic rings. The maximum Gasteiger partial charge on any atom is 0.390 e. The molecule has 0 radical (unpaired) electrons. The van der Waals surface area contributed by atoms with Gasteiger partial charge in [-0.05, 0) is 17.8 Å². The second kappa shape index (κ2) is 7.61. The van der Waals surface area contributed by atoms with E-state index in [9.17, 15) is 26.4 Å². The van der Waals surface area contributed by atoms with E-state index < -0.39 is 51.1 Å². The minimum atomic E-state index is -4.53. The average Bonchev–Trinajstić information content (AvgIpc) is 2.74. The lowest BCUT2D eigenvalue weighted by molar-refractivity contribution is -0.130. The van der Waals surface area contributed by atoms with Gasteiger partial charge in [0.1, 0.15) is 6.10 Å². The average molecular weight is 437 g/mol. The summed E-state index contributed by atoms with van der Waals surface area (Å²) >= 11 is 3.06. The van der Waals surface area contributed by atoms with Crippen molar-refractivity contribution in [1.29, 1.82) is 0 Å². The molecule has 0 spiro atoms. The molecule has 1 heterocycles. The normalized spacial score (nSPS) is 27.2. The molecular weight excluding hydrogens is 413 g/mol. The minimum Gasteiger partial charge on any atom is -0.366 e. The fourth-order valence-electron chi connectivity index (χ4n) is 3.24. The molecule has 9 heteroatoms. The molecular formula is C15H24BrF3O4S. The number of alkyl halides is 4. The number of ketones is 1. The van der Waals surface area contributed by atoms with Gasteiger partial charge in [0.15, 0.2) is 15.6 Å². The predicted octanol–water partition coefficient (Wildman–Crippen LogP) is 3.53. The van der Waals surface area contributed by atoms with Gasteiger partial charge in [-0.3, -0.25) is 4.79 Å². The number of Topliss-reactive ketones (excluding diaryl/α,β-unsaturated/α-hetero) is 1. The Labute approximate surface area is 149 Å². The van der Waals surface area contributed by atoms with Gasteiger partial charge < -0.3 is 4.74 Å². The van der Waals surface area contributed by atoms with Crippen LogP contribution in [0.4, 0.5) is 13.2 Å². The van der Waals surface area contributed by atoms with Crippen LogP contribution in [0, 0.1) is 11.3 Å². The van der Waals surface area contributed by atoms with Crippen molar-refractivity contribution in [2.24, 2.45) is 11.3 Å². The highest BCUT2D eigenvalue weighted by atomic mass is 79.9. The van der Waals surface area contributed by atoms with Crippen LogP contribution in [0.25, 0.3) is 0 Å². The molecule has 1 rings (SSSR count). The van der Waals surface area contributed by atoms with Gasteiger partial charge in [0.2, 0.25) is 0 Å². The molecule has 142 valence electrons. The Bertz CT molecular complexity index is 554. The van der Waals surface area contributed by atoms with Gasteiger partial charge in [0.25, 0.3) is 0 Å². The first-order valence-electron chi connectivity index (χ1n) is 7.71. The minimum absolute atomic E-state index is 0.0930. The van der Waals surface area contributed by atoms with Crippen molar-refractivity contribution < 1.29 is 31.1 Å². The molecule has 4 nitrogen and oxygen atoms in total. The molecule has 0 saturated carbocycles. The summed E-state index contributed by atoms with van der Waals surface area (Å²) in [5.74, 6) is -1.34. The Morgan fingerprint density at radius 1 is 1.29 bits per heavy atom. The summed E-state index contributed by atoms with van der Waals surface area (Å²) in [5.41, 5.74) is -0.804. The molecule has 24 heavy (non-hydrogen) atoms. The van der Waals surface area contributed by atoms with Gasteiger partial charge in [-0.25, -0.2) is 8.42 Å². The summed E-state index contributed by atoms with van der Waals surface area (Å²) in [6.07, 6.45) is -7.10. The second-order valence-electron chi connectivity index (χ2n) is 7.43. The number of hydrogen-bond donors (Lipinski definition) is 0. The molecule has 0 aliphatic carbocycles. The second-order valence-corrected chi connectivity index (χ2v) is 10.2. The van der Waals surface area contributed by atoms with Gasteiger partial charge in [-0.2, -0.15) is 13.2 Å². The van der Waals surface area contributed by atoms with Crippen LogP contribution in [0.5, 0.6) is 0 Å². The Balaban J connectivity index is 3.05. The van der Waals surface area contributed by atoms with E-state index in [1.165, 1.54) is 0 Å². The van der Waals surface area contributed by atoms with E-state index in [1.54, 1.807) is 27.7 Å². The van der Waals surface area contributed by atoms with E-state index >= 15 is 0 Å². The standard InChI is InChI=1S/C15H24BrF3O4S/c1-9-7-11(23-12(9)10(20)8-16)13(14(2,3)4)24(21,22)6-5-15(17,18)19/h9,11-13H,5-8H2,1-4H3. The zero-order valence-corrected chi connectivity index (χ0v) is 16.6. The molecule has 4 atom stereocenters. The van der Waals surface area contributed by atoms with Crippen molar-refractivity contribution >= 4 is 31.6 Å². The van der Waals surface area contributed by atoms with Gasteiger partial charge in [-0.15, -0.1) is 0 Å². The quantitative estimate of drug-likeness (QED) is 0.597. The number of hydrogen-bond acceptors (Lipinski definition) is 4. The van der Waals surface area contributed by atoms with Gasteiger partial charge in [0.05, 0.1) is 28.9 Å². The number of sulfone groups is 1. The first kappa shape index (κ1) is 21.9. The Hall–Kier alpha value is -0.150. The lowest BCUT2D eigenvalue weighted by Crippen LogP contribution is -2.46. The van der Waals surface area contributed by atoms with Crippen molar-refractivity contribution in [3.8, 4) is 0 Å². The summed E-state index contributed by atoms with van der Waals surface area (Å²) in [5, 5.41) is -1.00. The number of ether oxygens (including phenoxy) is 1.